The fourth-order valence-electron chi connectivity index (χ4n) is 1.85. The smallest absolute Gasteiger partial charge is 0.200 e. The summed E-state index contributed by atoms with van der Waals surface area (Å²) in [5, 5.41) is 18.8. The standard InChI is InChI=1S/C12H11BrN6/c1-8(9-4-2-3-5-10(9)13)14-11-6-7-12-15-17-18-19(12)16-11/h2-8H,1H3,(H,14,16). The molecule has 0 saturated heterocycles. The number of fused-ring (bicyclic) bond motifs is 1. The second-order valence-electron chi connectivity index (χ2n) is 4.13. The van der Waals surface area contributed by atoms with Gasteiger partial charge >= 0.3 is 0 Å². The number of benzene rings is 1. The van der Waals surface area contributed by atoms with Crippen LogP contribution in [0.4, 0.5) is 5.82 Å². The van der Waals surface area contributed by atoms with E-state index in [1.54, 1.807) is 0 Å². The van der Waals surface area contributed by atoms with Gasteiger partial charge in [-0.15, -0.1) is 14.8 Å². The molecule has 7 heteroatoms. The average molecular weight is 319 g/mol. The van der Waals surface area contributed by atoms with Gasteiger partial charge in [-0.2, -0.15) is 0 Å². The van der Waals surface area contributed by atoms with E-state index < -0.39 is 0 Å². The van der Waals surface area contributed by atoms with Crippen LogP contribution >= 0.6 is 15.9 Å². The summed E-state index contributed by atoms with van der Waals surface area (Å²) in [5.74, 6) is 0.725. The second-order valence-corrected chi connectivity index (χ2v) is 4.99. The summed E-state index contributed by atoms with van der Waals surface area (Å²) in [5.41, 5.74) is 1.79. The summed E-state index contributed by atoms with van der Waals surface area (Å²) in [6.45, 7) is 2.07. The molecule has 0 amide bonds. The van der Waals surface area contributed by atoms with Crippen molar-refractivity contribution >= 4 is 27.4 Å². The predicted molar refractivity (Wildman–Crippen MR) is 74.8 cm³/mol. The van der Waals surface area contributed by atoms with Gasteiger partial charge in [0.2, 0.25) is 0 Å². The maximum atomic E-state index is 4.28. The van der Waals surface area contributed by atoms with E-state index in [-0.39, 0.29) is 6.04 Å². The number of halogens is 1. The summed E-state index contributed by atoms with van der Waals surface area (Å²) < 4.78 is 2.47. The number of aromatic nitrogens is 5. The average Bonchev–Trinajstić information content (AvgIpc) is 2.86. The number of tetrazole rings is 1. The van der Waals surface area contributed by atoms with Gasteiger partial charge < -0.3 is 5.32 Å². The third kappa shape index (κ3) is 2.41. The Morgan fingerprint density at radius 3 is 2.89 bits per heavy atom. The van der Waals surface area contributed by atoms with E-state index >= 15 is 0 Å². The molecule has 96 valence electrons. The Balaban J connectivity index is 1.86. The molecular weight excluding hydrogens is 308 g/mol. The highest BCUT2D eigenvalue weighted by Crippen LogP contribution is 2.25. The molecule has 0 aliphatic heterocycles. The van der Waals surface area contributed by atoms with Crippen molar-refractivity contribution < 1.29 is 0 Å². The Labute approximate surface area is 118 Å². The molecule has 0 radical (unpaired) electrons. The minimum absolute atomic E-state index is 0.122. The van der Waals surface area contributed by atoms with Crippen LogP contribution in [0.25, 0.3) is 5.65 Å². The maximum absolute atomic E-state index is 4.28. The molecule has 0 saturated carbocycles. The van der Waals surface area contributed by atoms with Gasteiger partial charge in [0.05, 0.1) is 6.04 Å². The van der Waals surface area contributed by atoms with Crippen LogP contribution in [0.1, 0.15) is 18.5 Å². The van der Waals surface area contributed by atoms with Crippen molar-refractivity contribution in [3.05, 3.63) is 46.4 Å². The molecule has 0 bridgehead atoms. The first kappa shape index (κ1) is 12.0. The molecule has 1 aromatic carbocycles. The number of rotatable bonds is 3. The normalized spacial score (nSPS) is 12.5. The van der Waals surface area contributed by atoms with Crippen molar-refractivity contribution in [1.82, 2.24) is 25.3 Å². The fourth-order valence-corrected chi connectivity index (χ4v) is 2.48. The van der Waals surface area contributed by atoms with Crippen molar-refractivity contribution in [2.45, 2.75) is 13.0 Å². The number of nitrogens with one attached hydrogen (secondary N) is 1. The molecule has 3 rings (SSSR count). The van der Waals surface area contributed by atoms with E-state index in [2.05, 4.69) is 54.9 Å². The summed E-state index contributed by atoms with van der Waals surface area (Å²) in [4.78, 5) is 0. The molecule has 1 unspecified atom stereocenters. The zero-order chi connectivity index (χ0) is 13.2. The molecule has 0 fully saturated rings. The van der Waals surface area contributed by atoms with E-state index in [1.165, 1.54) is 10.2 Å². The molecule has 1 N–H and O–H groups in total. The van der Waals surface area contributed by atoms with E-state index in [0.717, 1.165) is 10.3 Å². The van der Waals surface area contributed by atoms with Gasteiger partial charge in [-0.25, -0.2) is 0 Å². The second kappa shape index (κ2) is 4.93. The highest BCUT2D eigenvalue weighted by Gasteiger charge is 2.10. The third-order valence-corrected chi connectivity index (χ3v) is 3.53. The first-order valence-corrected chi connectivity index (χ1v) is 6.60. The fraction of sp³-hybridized carbons (Fsp3) is 0.167. The summed E-state index contributed by atoms with van der Waals surface area (Å²) in [6.07, 6.45) is 0. The number of anilines is 1. The molecule has 0 spiro atoms. The number of hydrogen-bond donors (Lipinski definition) is 1. The topological polar surface area (TPSA) is 68.0 Å². The van der Waals surface area contributed by atoms with E-state index in [9.17, 15) is 0 Å². The van der Waals surface area contributed by atoms with Gasteiger partial charge in [-0.3, -0.25) is 0 Å². The van der Waals surface area contributed by atoms with Crippen LogP contribution in [0.15, 0.2) is 40.9 Å². The monoisotopic (exact) mass is 318 g/mol. The minimum atomic E-state index is 0.122. The highest BCUT2D eigenvalue weighted by atomic mass is 79.9. The Kier molecular flexibility index (Phi) is 3.12. The molecule has 19 heavy (non-hydrogen) atoms. The molecule has 3 aromatic rings. The van der Waals surface area contributed by atoms with Crippen LogP contribution in [0.2, 0.25) is 0 Å². The van der Waals surface area contributed by atoms with E-state index in [4.69, 9.17) is 0 Å². The van der Waals surface area contributed by atoms with Crippen molar-refractivity contribution in [3.8, 4) is 0 Å². The number of nitrogens with zero attached hydrogens (tertiary/aromatic N) is 5. The van der Waals surface area contributed by atoms with Crippen LogP contribution < -0.4 is 5.32 Å². The maximum Gasteiger partial charge on any atom is 0.200 e. The van der Waals surface area contributed by atoms with Gasteiger partial charge in [0.15, 0.2) is 5.65 Å². The lowest BCUT2D eigenvalue weighted by atomic mass is 10.1. The summed E-state index contributed by atoms with van der Waals surface area (Å²) in [6, 6.07) is 11.9. The lowest BCUT2D eigenvalue weighted by Gasteiger charge is -2.16. The van der Waals surface area contributed by atoms with E-state index in [0.29, 0.717) is 5.65 Å². The Bertz CT molecular complexity index is 710. The zero-order valence-corrected chi connectivity index (χ0v) is 11.7. The zero-order valence-electron chi connectivity index (χ0n) is 10.2. The molecular formula is C12H11BrN6. The summed E-state index contributed by atoms with van der Waals surface area (Å²) in [7, 11) is 0. The molecule has 2 aromatic heterocycles. The van der Waals surface area contributed by atoms with Crippen molar-refractivity contribution in [2.75, 3.05) is 5.32 Å². The molecule has 0 aliphatic carbocycles. The molecule has 6 nitrogen and oxygen atoms in total. The van der Waals surface area contributed by atoms with Crippen molar-refractivity contribution in [1.29, 1.82) is 0 Å². The molecule has 2 heterocycles. The highest BCUT2D eigenvalue weighted by molar-refractivity contribution is 9.10. The van der Waals surface area contributed by atoms with Gasteiger partial charge in [0, 0.05) is 4.47 Å². The quantitative estimate of drug-likeness (QED) is 0.803. The largest absolute Gasteiger partial charge is 0.362 e. The van der Waals surface area contributed by atoms with Gasteiger partial charge in [-0.1, -0.05) is 34.1 Å². The SMILES string of the molecule is CC(Nc1ccc2nnnn2n1)c1ccccc1Br. The van der Waals surface area contributed by atoms with Crippen molar-refractivity contribution in [2.24, 2.45) is 0 Å². The van der Waals surface area contributed by atoms with Gasteiger partial charge in [0.1, 0.15) is 5.82 Å². The van der Waals surface area contributed by atoms with Crippen molar-refractivity contribution in [3.63, 3.8) is 0 Å². The lowest BCUT2D eigenvalue weighted by molar-refractivity contribution is 0.728. The van der Waals surface area contributed by atoms with Crippen LogP contribution in [0.5, 0.6) is 0 Å². The summed E-state index contributed by atoms with van der Waals surface area (Å²) >= 11 is 3.55. The van der Waals surface area contributed by atoms with Gasteiger partial charge in [-0.05, 0) is 41.1 Å². The Morgan fingerprint density at radius 2 is 2.05 bits per heavy atom. The molecule has 0 aliphatic rings. The third-order valence-electron chi connectivity index (χ3n) is 2.81. The van der Waals surface area contributed by atoms with Crippen LogP contribution in [-0.4, -0.2) is 25.3 Å². The van der Waals surface area contributed by atoms with Crippen LogP contribution in [-0.2, 0) is 0 Å². The van der Waals surface area contributed by atoms with Gasteiger partial charge in [0.25, 0.3) is 0 Å². The van der Waals surface area contributed by atoms with Crippen LogP contribution in [0.3, 0.4) is 0 Å². The van der Waals surface area contributed by atoms with Crippen LogP contribution in [0, 0.1) is 0 Å². The predicted octanol–water partition coefficient (Wildman–Crippen LogP) is 2.45. The first-order valence-electron chi connectivity index (χ1n) is 5.80. The van der Waals surface area contributed by atoms with E-state index in [1.807, 2.05) is 30.3 Å². The Hall–Kier alpha value is -2.02. The lowest BCUT2D eigenvalue weighted by Crippen LogP contribution is -2.10. The molecule has 1 atom stereocenters. The minimum Gasteiger partial charge on any atom is -0.362 e. The first-order chi connectivity index (χ1) is 9.24. The Morgan fingerprint density at radius 1 is 1.21 bits per heavy atom. The number of hydrogen-bond acceptors (Lipinski definition) is 5.